The van der Waals surface area contributed by atoms with Crippen molar-refractivity contribution in [1.29, 1.82) is 0 Å². The molecule has 8 nitrogen and oxygen atoms in total. The van der Waals surface area contributed by atoms with Crippen molar-refractivity contribution in [1.82, 2.24) is 24.9 Å². The smallest absolute Gasteiger partial charge is 0.275 e. The summed E-state index contributed by atoms with van der Waals surface area (Å²) in [4.78, 5) is 38.1. The first-order valence-electron chi connectivity index (χ1n) is 9.49. The van der Waals surface area contributed by atoms with Crippen LogP contribution < -0.4 is 0 Å². The summed E-state index contributed by atoms with van der Waals surface area (Å²) in [5.41, 5.74) is 1.01. The van der Waals surface area contributed by atoms with Crippen LogP contribution in [-0.2, 0) is 0 Å². The highest BCUT2D eigenvalue weighted by Crippen LogP contribution is 2.33. The van der Waals surface area contributed by atoms with Crippen LogP contribution in [0.5, 0.6) is 0 Å². The molecular weight excluding hydrogens is 346 g/mol. The van der Waals surface area contributed by atoms with E-state index in [1.165, 1.54) is 12.4 Å². The third kappa shape index (κ3) is 3.43. The van der Waals surface area contributed by atoms with Gasteiger partial charge in [-0.3, -0.25) is 9.59 Å². The zero-order chi connectivity index (χ0) is 18.8. The molecular formula is C19H23N5O3. The van der Waals surface area contributed by atoms with Gasteiger partial charge >= 0.3 is 0 Å². The van der Waals surface area contributed by atoms with Gasteiger partial charge in [-0.15, -0.1) is 0 Å². The zero-order valence-electron chi connectivity index (χ0n) is 15.4. The predicted molar refractivity (Wildman–Crippen MR) is 96.0 cm³/mol. The number of rotatable bonds is 3. The Balaban J connectivity index is 1.61. The maximum absolute atomic E-state index is 13.2. The fourth-order valence-corrected chi connectivity index (χ4v) is 3.89. The van der Waals surface area contributed by atoms with Gasteiger partial charge < -0.3 is 14.3 Å². The molecule has 8 heteroatoms. The van der Waals surface area contributed by atoms with Crippen LogP contribution in [0.2, 0.25) is 0 Å². The monoisotopic (exact) mass is 369 g/mol. The summed E-state index contributed by atoms with van der Waals surface area (Å²) < 4.78 is 5.18. The summed E-state index contributed by atoms with van der Waals surface area (Å²) in [5.74, 6) is 0.232. The van der Waals surface area contributed by atoms with Crippen molar-refractivity contribution in [3.63, 3.8) is 0 Å². The largest absolute Gasteiger partial charge is 0.361 e. The van der Waals surface area contributed by atoms with Crippen LogP contribution >= 0.6 is 0 Å². The number of likely N-dealkylation sites (tertiary alicyclic amines) is 2. The van der Waals surface area contributed by atoms with Crippen molar-refractivity contribution >= 4 is 11.8 Å². The molecule has 142 valence electrons. The van der Waals surface area contributed by atoms with Crippen LogP contribution in [0.15, 0.2) is 23.0 Å². The van der Waals surface area contributed by atoms with Crippen molar-refractivity contribution < 1.29 is 14.1 Å². The van der Waals surface area contributed by atoms with Crippen molar-refractivity contribution in [2.24, 2.45) is 0 Å². The van der Waals surface area contributed by atoms with E-state index in [4.69, 9.17) is 4.52 Å². The summed E-state index contributed by atoms with van der Waals surface area (Å²) in [5, 5.41) is 4.07. The fraction of sp³-hybridized carbons (Fsp3) is 0.526. The van der Waals surface area contributed by atoms with Gasteiger partial charge in [-0.05, 0) is 39.0 Å². The van der Waals surface area contributed by atoms with Crippen LogP contribution in [0, 0.1) is 6.92 Å². The van der Waals surface area contributed by atoms with Gasteiger partial charge in [0.1, 0.15) is 11.5 Å². The highest BCUT2D eigenvalue weighted by atomic mass is 16.5. The molecule has 2 aromatic heterocycles. The Bertz CT molecular complexity index is 843. The van der Waals surface area contributed by atoms with E-state index in [9.17, 15) is 9.59 Å². The highest BCUT2D eigenvalue weighted by Gasteiger charge is 2.36. The van der Waals surface area contributed by atoms with E-state index in [1.807, 2.05) is 13.0 Å². The van der Waals surface area contributed by atoms with Gasteiger partial charge in [0.25, 0.3) is 11.8 Å². The Hall–Kier alpha value is -2.77. The molecule has 2 amide bonds. The third-order valence-electron chi connectivity index (χ3n) is 5.25. The summed E-state index contributed by atoms with van der Waals surface area (Å²) in [6, 6.07) is 1.70. The lowest BCUT2D eigenvalue weighted by Gasteiger charge is -2.27. The van der Waals surface area contributed by atoms with Crippen LogP contribution in [0.25, 0.3) is 0 Å². The molecule has 1 unspecified atom stereocenters. The molecule has 2 aliphatic rings. The molecule has 4 heterocycles. The molecule has 2 fully saturated rings. The molecule has 2 aliphatic heterocycles. The minimum absolute atomic E-state index is 0.125. The summed E-state index contributed by atoms with van der Waals surface area (Å²) in [7, 11) is 0. The molecule has 0 aromatic carbocycles. The number of nitrogens with zero attached hydrogens (tertiary/aromatic N) is 5. The fourth-order valence-electron chi connectivity index (χ4n) is 3.89. The summed E-state index contributed by atoms with van der Waals surface area (Å²) in [6.45, 7) is 3.83. The topological polar surface area (TPSA) is 92.4 Å². The molecule has 2 saturated heterocycles. The van der Waals surface area contributed by atoms with Crippen molar-refractivity contribution in [3.8, 4) is 0 Å². The number of carbonyl (C=O) groups is 2. The van der Waals surface area contributed by atoms with Gasteiger partial charge in [-0.1, -0.05) is 5.16 Å². The molecule has 0 bridgehead atoms. The normalized spacial score (nSPS) is 20.1. The van der Waals surface area contributed by atoms with Crippen LogP contribution in [0.1, 0.15) is 70.6 Å². The minimum atomic E-state index is -0.272. The van der Waals surface area contributed by atoms with Crippen LogP contribution in [0.3, 0.4) is 0 Å². The molecule has 0 aliphatic carbocycles. The highest BCUT2D eigenvalue weighted by molar-refractivity contribution is 6.04. The Morgan fingerprint density at radius 1 is 1.00 bits per heavy atom. The quantitative estimate of drug-likeness (QED) is 0.825. The van der Waals surface area contributed by atoms with E-state index >= 15 is 0 Å². The first kappa shape index (κ1) is 17.6. The van der Waals surface area contributed by atoms with Crippen molar-refractivity contribution in [2.45, 2.75) is 45.1 Å². The second kappa shape index (κ2) is 7.46. The number of amides is 2. The standard InChI is InChI=1S/C19H23N5O3/c1-13-12-14(22-27-13)15-6-5-11-24(15)19(26)17-16(20-7-8-21-17)18(25)23-9-3-2-4-10-23/h7-8,12,15H,2-6,9-11H2,1H3. The van der Waals surface area contributed by atoms with Gasteiger partial charge in [0.2, 0.25) is 0 Å². The number of piperidine rings is 1. The third-order valence-corrected chi connectivity index (χ3v) is 5.25. The van der Waals surface area contributed by atoms with E-state index in [2.05, 4.69) is 15.1 Å². The van der Waals surface area contributed by atoms with Gasteiger partial charge in [0.15, 0.2) is 11.4 Å². The second-order valence-corrected chi connectivity index (χ2v) is 7.13. The Morgan fingerprint density at radius 2 is 1.70 bits per heavy atom. The molecule has 4 rings (SSSR count). The first-order chi connectivity index (χ1) is 13.1. The van der Waals surface area contributed by atoms with Gasteiger partial charge in [0.05, 0.1) is 6.04 Å². The Kier molecular flexibility index (Phi) is 4.87. The predicted octanol–water partition coefficient (Wildman–Crippen LogP) is 2.38. The van der Waals surface area contributed by atoms with Crippen LogP contribution in [-0.4, -0.2) is 56.4 Å². The second-order valence-electron chi connectivity index (χ2n) is 7.13. The summed E-state index contributed by atoms with van der Waals surface area (Å²) >= 11 is 0. The lowest BCUT2D eigenvalue weighted by atomic mass is 10.1. The molecule has 2 aromatic rings. The van der Waals surface area contributed by atoms with E-state index in [-0.39, 0.29) is 29.2 Å². The van der Waals surface area contributed by atoms with Gasteiger partial charge in [-0.2, -0.15) is 0 Å². The number of aromatic nitrogens is 3. The minimum Gasteiger partial charge on any atom is -0.361 e. The van der Waals surface area contributed by atoms with Crippen molar-refractivity contribution in [3.05, 3.63) is 41.3 Å². The zero-order valence-corrected chi connectivity index (χ0v) is 15.4. The van der Waals surface area contributed by atoms with Gasteiger partial charge in [0, 0.05) is 38.1 Å². The molecule has 1 atom stereocenters. The SMILES string of the molecule is Cc1cc(C2CCCN2C(=O)c2nccnc2C(=O)N2CCCCC2)no1. The number of carbonyl (C=O) groups excluding carboxylic acids is 2. The summed E-state index contributed by atoms with van der Waals surface area (Å²) in [6.07, 6.45) is 7.71. The molecule has 27 heavy (non-hydrogen) atoms. The molecule has 0 saturated carbocycles. The molecule has 0 spiro atoms. The average molecular weight is 369 g/mol. The average Bonchev–Trinajstić information content (AvgIpc) is 3.36. The van der Waals surface area contributed by atoms with E-state index in [1.54, 1.807) is 9.80 Å². The maximum atomic E-state index is 13.2. The number of hydrogen-bond acceptors (Lipinski definition) is 6. The number of aryl methyl sites for hydroxylation is 1. The Labute approximate surface area is 157 Å². The maximum Gasteiger partial charge on any atom is 0.275 e. The molecule has 0 N–H and O–H groups in total. The first-order valence-corrected chi connectivity index (χ1v) is 9.49. The van der Waals surface area contributed by atoms with E-state index in [0.717, 1.165) is 37.8 Å². The van der Waals surface area contributed by atoms with Gasteiger partial charge in [-0.25, -0.2) is 9.97 Å². The van der Waals surface area contributed by atoms with E-state index in [0.29, 0.717) is 25.4 Å². The molecule has 0 radical (unpaired) electrons. The van der Waals surface area contributed by atoms with Crippen LogP contribution in [0.4, 0.5) is 0 Å². The Morgan fingerprint density at radius 3 is 2.37 bits per heavy atom. The van der Waals surface area contributed by atoms with Crippen molar-refractivity contribution in [2.75, 3.05) is 19.6 Å². The lowest BCUT2D eigenvalue weighted by molar-refractivity contribution is 0.0678. The van der Waals surface area contributed by atoms with E-state index < -0.39 is 0 Å². The number of hydrogen-bond donors (Lipinski definition) is 0. The lowest BCUT2D eigenvalue weighted by Crippen LogP contribution is -2.39.